The van der Waals surface area contributed by atoms with Crippen molar-refractivity contribution < 1.29 is 0 Å². The number of nitrogens with zero attached hydrogens (tertiary/aromatic N) is 4. The highest BCUT2D eigenvalue weighted by Gasteiger charge is 2.06. The lowest BCUT2D eigenvalue weighted by molar-refractivity contribution is 0.713. The molecule has 0 spiro atoms. The van der Waals surface area contributed by atoms with Crippen molar-refractivity contribution in [2.75, 3.05) is 0 Å². The van der Waals surface area contributed by atoms with Gasteiger partial charge in [0.25, 0.3) is 0 Å². The third-order valence-electron chi connectivity index (χ3n) is 2.26. The third-order valence-corrected chi connectivity index (χ3v) is 2.26. The number of hydrogen-bond acceptors (Lipinski definition) is 2. The van der Waals surface area contributed by atoms with E-state index in [1.165, 1.54) is 10.8 Å². The van der Waals surface area contributed by atoms with Crippen molar-refractivity contribution in [3.63, 3.8) is 0 Å². The van der Waals surface area contributed by atoms with Gasteiger partial charge in [0, 0.05) is 24.0 Å². The number of aryl methyl sites for hydroxylation is 1. The van der Waals surface area contributed by atoms with Gasteiger partial charge in [-0.15, -0.1) is 0 Å². The molecule has 0 unspecified atom stereocenters. The lowest BCUT2D eigenvalue weighted by Gasteiger charge is -1.89. The highest BCUT2D eigenvalue weighted by Crippen LogP contribution is 2.19. The van der Waals surface area contributed by atoms with Gasteiger partial charge in [-0.2, -0.15) is 0 Å². The molecule has 0 aliphatic rings. The van der Waals surface area contributed by atoms with Crippen LogP contribution in [0.15, 0.2) is 30.5 Å². The van der Waals surface area contributed by atoms with E-state index in [2.05, 4.69) is 22.6 Å². The molecule has 4 nitrogen and oxygen atoms in total. The second-order valence-corrected chi connectivity index (χ2v) is 3.09. The predicted octanol–water partition coefficient (Wildman–Crippen LogP) is 1.22. The molecule has 0 saturated heterocycles. The van der Waals surface area contributed by atoms with Gasteiger partial charge in [0.05, 0.1) is 0 Å². The van der Waals surface area contributed by atoms with Crippen molar-refractivity contribution in [1.29, 1.82) is 0 Å². The Morgan fingerprint density at radius 3 is 2.92 bits per heavy atom. The SMILES string of the molecule is Cn1nnn2cc3ccccc3c12. The van der Waals surface area contributed by atoms with Gasteiger partial charge >= 0.3 is 0 Å². The van der Waals surface area contributed by atoms with E-state index in [-0.39, 0.29) is 0 Å². The van der Waals surface area contributed by atoms with Crippen LogP contribution < -0.4 is 0 Å². The van der Waals surface area contributed by atoms with Crippen LogP contribution in [0.3, 0.4) is 0 Å². The number of aromatic nitrogens is 4. The molecule has 0 amide bonds. The topological polar surface area (TPSA) is 35.1 Å². The van der Waals surface area contributed by atoms with Gasteiger partial charge < -0.3 is 0 Å². The molecule has 13 heavy (non-hydrogen) atoms. The standard InChI is InChI=1S/C9H8N4/c1-12-9-8-5-3-2-4-7(8)6-13(9)11-10-12/h2-6H,1H3. The molecule has 0 bridgehead atoms. The molecule has 2 heterocycles. The van der Waals surface area contributed by atoms with Crippen LogP contribution in [-0.2, 0) is 7.05 Å². The van der Waals surface area contributed by atoms with E-state index in [4.69, 9.17) is 0 Å². The summed E-state index contributed by atoms with van der Waals surface area (Å²) in [7, 11) is 1.90. The Morgan fingerprint density at radius 1 is 1.15 bits per heavy atom. The molecule has 1 aromatic carbocycles. The van der Waals surface area contributed by atoms with Crippen molar-refractivity contribution in [3.8, 4) is 0 Å². The van der Waals surface area contributed by atoms with Gasteiger partial charge in [-0.25, -0.2) is 9.20 Å². The van der Waals surface area contributed by atoms with Gasteiger partial charge in [0.1, 0.15) is 0 Å². The maximum Gasteiger partial charge on any atom is 0.161 e. The summed E-state index contributed by atoms with van der Waals surface area (Å²) in [6.07, 6.45) is 1.98. The highest BCUT2D eigenvalue weighted by molar-refractivity contribution is 5.95. The first-order valence-electron chi connectivity index (χ1n) is 4.12. The van der Waals surface area contributed by atoms with Crippen molar-refractivity contribution in [1.82, 2.24) is 19.6 Å². The van der Waals surface area contributed by atoms with Crippen molar-refractivity contribution in [2.24, 2.45) is 7.05 Å². The quantitative estimate of drug-likeness (QED) is 0.511. The van der Waals surface area contributed by atoms with E-state index >= 15 is 0 Å². The fourth-order valence-electron chi connectivity index (χ4n) is 1.67. The Balaban J connectivity index is 2.66. The molecule has 3 rings (SSSR count). The molecule has 3 aromatic rings. The van der Waals surface area contributed by atoms with E-state index in [1.807, 2.05) is 25.4 Å². The molecule has 2 aromatic heterocycles. The van der Waals surface area contributed by atoms with Crippen LogP contribution in [0.1, 0.15) is 0 Å². The predicted molar refractivity (Wildman–Crippen MR) is 49.5 cm³/mol. The van der Waals surface area contributed by atoms with E-state index in [0.29, 0.717) is 0 Å². The molecule has 64 valence electrons. The van der Waals surface area contributed by atoms with Crippen molar-refractivity contribution in [2.45, 2.75) is 0 Å². The molecular formula is C9H8N4. The molecule has 0 fully saturated rings. The number of benzene rings is 1. The maximum absolute atomic E-state index is 3.99. The van der Waals surface area contributed by atoms with Gasteiger partial charge in [0.15, 0.2) is 5.65 Å². The van der Waals surface area contributed by atoms with Gasteiger partial charge in [-0.1, -0.05) is 24.3 Å². The third kappa shape index (κ3) is 0.744. The minimum Gasteiger partial charge on any atom is -0.230 e. The summed E-state index contributed by atoms with van der Waals surface area (Å²) in [4.78, 5) is 0. The zero-order valence-electron chi connectivity index (χ0n) is 7.18. The smallest absolute Gasteiger partial charge is 0.161 e. The van der Waals surface area contributed by atoms with Crippen molar-refractivity contribution in [3.05, 3.63) is 30.5 Å². The minimum absolute atomic E-state index is 1.04. The monoisotopic (exact) mass is 172 g/mol. The van der Waals surface area contributed by atoms with Crippen molar-refractivity contribution >= 4 is 16.4 Å². The summed E-state index contributed by atoms with van der Waals surface area (Å²) in [5, 5.41) is 10.3. The van der Waals surface area contributed by atoms with E-state index in [1.54, 1.807) is 9.20 Å². The molecule has 0 N–H and O–H groups in total. The van der Waals surface area contributed by atoms with Gasteiger partial charge in [0.2, 0.25) is 0 Å². The average Bonchev–Trinajstić information content (AvgIpc) is 2.66. The lowest BCUT2D eigenvalue weighted by atomic mass is 10.2. The van der Waals surface area contributed by atoms with Crippen LogP contribution in [0, 0.1) is 0 Å². The van der Waals surface area contributed by atoms with Gasteiger partial charge in [-0.3, -0.25) is 0 Å². The summed E-state index contributed by atoms with van der Waals surface area (Å²) < 4.78 is 3.58. The van der Waals surface area contributed by atoms with Crippen LogP contribution in [0.25, 0.3) is 16.4 Å². The zero-order valence-corrected chi connectivity index (χ0v) is 7.18. The summed E-state index contributed by atoms with van der Waals surface area (Å²) in [6, 6.07) is 8.20. The fourth-order valence-corrected chi connectivity index (χ4v) is 1.67. The first kappa shape index (κ1) is 6.65. The molecular weight excluding hydrogens is 164 g/mol. The maximum atomic E-state index is 3.99. The largest absolute Gasteiger partial charge is 0.230 e. The van der Waals surface area contributed by atoms with E-state index in [0.717, 1.165) is 5.65 Å². The lowest BCUT2D eigenvalue weighted by Crippen LogP contribution is -1.89. The number of rotatable bonds is 0. The summed E-state index contributed by atoms with van der Waals surface area (Å²) in [5.74, 6) is 0. The Kier molecular flexibility index (Phi) is 1.07. The molecule has 0 radical (unpaired) electrons. The number of tetrazole rings is 1. The Morgan fingerprint density at radius 2 is 2.00 bits per heavy atom. The molecule has 0 aliphatic carbocycles. The normalized spacial score (nSPS) is 11.5. The van der Waals surface area contributed by atoms with E-state index in [9.17, 15) is 0 Å². The number of fused-ring (bicyclic) bond motifs is 3. The molecule has 0 saturated carbocycles. The van der Waals surface area contributed by atoms with Crippen LogP contribution >= 0.6 is 0 Å². The minimum atomic E-state index is 1.04. The fraction of sp³-hybridized carbons (Fsp3) is 0.111. The molecule has 0 atom stereocenters. The number of hydrogen-bond donors (Lipinski definition) is 0. The Hall–Kier alpha value is -1.84. The van der Waals surface area contributed by atoms with Crippen LogP contribution in [0.5, 0.6) is 0 Å². The van der Waals surface area contributed by atoms with Crippen LogP contribution in [-0.4, -0.2) is 19.6 Å². The summed E-state index contributed by atoms with van der Waals surface area (Å²) >= 11 is 0. The van der Waals surface area contributed by atoms with Crippen LogP contribution in [0.2, 0.25) is 0 Å². The second kappa shape index (κ2) is 2.10. The Labute approximate surface area is 74.4 Å². The molecule has 4 heteroatoms. The first-order chi connectivity index (χ1) is 6.36. The summed E-state index contributed by atoms with van der Waals surface area (Å²) in [6.45, 7) is 0. The van der Waals surface area contributed by atoms with Crippen LogP contribution in [0.4, 0.5) is 0 Å². The van der Waals surface area contributed by atoms with Gasteiger partial charge in [-0.05, 0) is 10.4 Å². The first-order valence-corrected chi connectivity index (χ1v) is 4.12. The average molecular weight is 172 g/mol. The second-order valence-electron chi connectivity index (χ2n) is 3.09. The van der Waals surface area contributed by atoms with E-state index < -0.39 is 0 Å². The summed E-state index contributed by atoms with van der Waals surface area (Å²) in [5.41, 5.74) is 1.04. The molecule has 0 aliphatic heterocycles. The zero-order chi connectivity index (χ0) is 8.84. The highest BCUT2D eigenvalue weighted by atomic mass is 15.6. The Bertz CT molecular complexity index is 575.